The van der Waals surface area contributed by atoms with Gasteiger partial charge in [0.05, 0.1) is 0 Å². The lowest BCUT2D eigenvalue weighted by molar-refractivity contribution is 0.356. The lowest BCUT2D eigenvalue weighted by Gasteiger charge is -2.17. The molecule has 0 spiro atoms. The normalized spacial score (nSPS) is 12.0. The van der Waals surface area contributed by atoms with E-state index in [2.05, 4.69) is 39.5 Å². The van der Waals surface area contributed by atoms with Crippen LogP contribution in [-0.2, 0) is 0 Å². The van der Waals surface area contributed by atoms with Gasteiger partial charge >= 0.3 is 0 Å². The first-order valence-corrected chi connectivity index (χ1v) is 11.3. The highest BCUT2D eigenvalue weighted by Crippen LogP contribution is 2.22. The Kier molecular flexibility index (Phi) is 16.5. The van der Waals surface area contributed by atoms with Crippen LogP contribution in [-0.4, -0.2) is 11.5 Å². The van der Waals surface area contributed by atoms with Crippen molar-refractivity contribution in [2.75, 3.05) is 11.5 Å². The quantitative estimate of drug-likeness (QED) is 0.257. The zero-order valence-electron chi connectivity index (χ0n) is 16.2. The summed E-state index contributed by atoms with van der Waals surface area (Å²) in [5.74, 6) is 2.67. The molecule has 134 valence electrons. The van der Waals surface area contributed by atoms with E-state index in [9.17, 15) is 0 Å². The first-order valence-electron chi connectivity index (χ1n) is 10.1. The molecule has 0 aliphatic carbocycles. The Balaban J connectivity index is 3.00. The maximum Gasteiger partial charge on any atom is -0.00676 e. The summed E-state index contributed by atoms with van der Waals surface area (Å²) in [5, 5.41) is 0. The third-order valence-electron chi connectivity index (χ3n) is 4.42. The van der Waals surface area contributed by atoms with Crippen LogP contribution < -0.4 is 0 Å². The minimum Gasteiger partial charge on any atom is -0.162 e. The molecule has 0 aromatic rings. The van der Waals surface area contributed by atoms with Crippen LogP contribution in [0.2, 0.25) is 0 Å². The SMILES string of the molecule is CCSCCCCCCCCCCCCCCCC(C)(C)C. The van der Waals surface area contributed by atoms with Crippen LogP contribution >= 0.6 is 11.8 Å². The highest BCUT2D eigenvalue weighted by atomic mass is 32.2. The standard InChI is InChI=1S/C21H44S/c1-5-22-20-18-16-14-12-10-8-6-7-9-11-13-15-17-19-21(2,3)4/h5-20H2,1-4H3. The fraction of sp³-hybridized carbons (Fsp3) is 1.00. The van der Waals surface area contributed by atoms with Gasteiger partial charge in [0.25, 0.3) is 0 Å². The second-order valence-electron chi connectivity index (χ2n) is 8.10. The summed E-state index contributed by atoms with van der Waals surface area (Å²) in [4.78, 5) is 0. The van der Waals surface area contributed by atoms with Gasteiger partial charge in [0.15, 0.2) is 0 Å². The van der Waals surface area contributed by atoms with Crippen LogP contribution in [0.25, 0.3) is 0 Å². The van der Waals surface area contributed by atoms with E-state index in [0.29, 0.717) is 5.41 Å². The van der Waals surface area contributed by atoms with Crippen LogP contribution in [0.5, 0.6) is 0 Å². The molecule has 0 aromatic carbocycles. The van der Waals surface area contributed by atoms with Crippen molar-refractivity contribution in [2.24, 2.45) is 5.41 Å². The molecule has 0 aromatic heterocycles. The lowest BCUT2D eigenvalue weighted by Crippen LogP contribution is -2.03. The zero-order chi connectivity index (χ0) is 16.5. The van der Waals surface area contributed by atoms with E-state index >= 15 is 0 Å². The van der Waals surface area contributed by atoms with Crippen LogP contribution in [0.3, 0.4) is 0 Å². The summed E-state index contributed by atoms with van der Waals surface area (Å²) in [7, 11) is 0. The van der Waals surface area contributed by atoms with Crippen LogP contribution in [0.1, 0.15) is 118 Å². The fourth-order valence-electron chi connectivity index (χ4n) is 2.95. The van der Waals surface area contributed by atoms with E-state index in [-0.39, 0.29) is 0 Å². The average molecular weight is 329 g/mol. The summed E-state index contributed by atoms with van der Waals surface area (Å²) in [6.45, 7) is 9.34. The van der Waals surface area contributed by atoms with Crippen molar-refractivity contribution in [3.63, 3.8) is 0 Å². The van der Waals surface area contributed by atoms with Gasteiger partial charge in [-0.15, -0.1) is 0 Å². The topological polar surface area (TPSA) is 0 Å². The smallest absolute Gasteiger partial charge is 0.00676 e. The molecular formula is C21H44S. The predicted molar refractivity (Wildman–Crippen MR) is 107 cm³/mol. The van der Waals surface area contributed by atoms with E-state index in [4.69, 9.17) is 0 Å². The second-order valence-corrected chi connectivity index (χ2v) is 9.50. The highest BCUT2D eigenvalue weighted by Gasteiger charge is 2.08. The molecule has 0 amide bonds. The Labute approximate surface area is 146 Å². The van der Waals surface area contributed by atoms with E-state index in [1.165, 1.54) is 101 Å². The average Bonchev–Trinajstić information content (AvgIpc) is 2.45. The molecule has 0 heterocycles. The molecule has 0 atom stereocenters. The molecule has 0 radical (unpaired) electrons. The van der Waals surface area contributed by atoms with E-state index in [0.717, 1.165) is 0 Å². The van der Waals surface area contributed by atoms with Gasteiger partial charge in [0.2, 0.25) is 0 Å². The van der Waals surface area contributed by atoms with Crippen LogP contribution in [0.4, 0.5) is 0 Å². The molecule has 0 N–H and O–H groups in total. The molecule has 0 aliphatic rings. The molecule has 1 heteroatoms. The van der Waals surface area contributed by atoms with Crippen LogP contribution in [0.15, 0.2) is 0 Å². The molecule has 0 saturated heterocycles. The maximum atomic E-state index is 2.36. The van der Waals surface area contributed by atoms with Gasteiger partial charge in [0, 0.05) is 0 Å². The van der Waals surface area contributed by atoms with Crippen molar-refractivity contribution in [3.05, 3.63) is 0 Å². The zero-order valence-corrected chi connectivity index (χ0v) is 17.0. The molecule has 0 nitrogen and oxygen atoms in total. The molecule has 0 aliphatic heterocycles. The Morgan fingerprint density at radius 1 is 0.545 bits per heavy atom. The van der Waals surface area contributed by atoms with Crippen molar-refractivity contribution in [1.29, 1.82) is 0 Å². The summed E-state index contributed by atoms with van der Waals surface area (Å²) in [5.41, 5.74) is 0.537. The summed E-state index contributed by atoms with van der Waals surface area (Å²) < 4.78 is 0. The summed E-state index contributed by atoms with van der Waals surface area (Å²) in [6, 6.07) is 0. The van der Waals surface area contributed by atoms with Gasteiger partial charge in [-0.3, -0.25) is 0 Å². The maximum absolute atomic E-state index is 2.36. The van der Waals surface area contributed by atoms with E-state index in [1.807, 2.05) is 0 Å². The van der Waals surface area contributed by atoms with Gasteiger partial charge in [-0.25, -0.2) is 0 Å². The minimum absolute atomic E-state index is 0.537. The Morgan fingerprint density at radius 2 is 0.909 bits per heavy atom. The van der Waals surface area contributed by atoms with Crippen LogP contribution in [0, 0.1) is 5.41 Å². The van der Waals surface area contributed by atoms with Crippen molar-refractivity contribution in [3.8, 4) is 0 Å². The number of thioether (sulfide) groups is 1. The predicted octanol–water partition coefficient (Wildman–Crippen LogP) is 8.25. The van der Waals surface area contributed by atoms with Crippen molar-refractivity contribution in [1.82, 2.24) is 0 Å². The van der Waals surface area contributed by atoms with Crippen molar-refractivity contribution >= 4 is 11.8 Å². The molecule has 0 fully saturated rings. The van der Waals surface area contributed by atoms with Crippen molar-refractivity contribution in [2.45, 2.75) is 118 Å². The second kappa shape index (κ2) is 16.2. The fourth-order valence-corrected chi connectivity index (χ4v) is 3.65. The van der Waals surface area contributed by atoms with Gasteiger partial charge in [-0.05, 0) is 29.8 Å². The molecule has 0 bridgehead atoms. The van der Waals surface area contributed by atoms with E-state index < -0.39 is 0 Å². The number of hydrogen-bond acceptors (Lipinski definition) is 1. The largest absolute Gasteiger partial charge is 0.162 e. The lowest BCUT2D eigenvalue weighted by atomic mass is 9.89. The Morgan fingerprint density at radius 3 is 1.27 bits per heavy atom. The first-order chi connectivity index (χ1) is 10.6. The number of rotatable bonds is 16. The summed E-state index contributed by atoms with van der Waals surface area (Å²) in [6.07, 6.45) is 20.4. The number of unbranched alkanes of at least 4 members (excludes halogenated alkanes) is 12. The van der Waals surface area contributed by atoms with Crippen molar-refractivity contribution < 1.29 is 0 Å². The van der Waals surface area contributed by atoms with Gasteiger partial charge < -0.3 is 0 Å². The third-order valence-corrected chi connectivity index (χ3v) is 5.41. The summed E-state index contributed by atoms with van der Waals surface area (Å²) >= 11 is 2.09. The van der Waals surface area contributed by atoms with Gasteiger partial charge in [-0.1, -0.05) is 105 Å². The number of hydrogen-bond donors (Lipinski definition) is 0. The van der Waals surface area contributed by atoms with Gasteiger partial charge in [0.1, 0.15) is 0 Å². The Bertz CT molecular complexity index is 204. The van der Waals surface area contributed by atoms with E-state index in [1.54, 1.807) is 0 Å². The van der Waals surface area contributed by atoms with Gasteiger partial charge in [-0.2, -0.15) is 11.8 Å². The minimum atomic E-state index is 0.537. The highest BCUT2D eigenvalue weighted by molar-refractivity contribution is 7.99. The molecule has 22 heavy (non-hydrogen) atoms. The third kappa shape index (κ3) is 20.3. The Hall–Kier alpha value is 0.350. The molecular weight excluding hydrogens is 284 g/mol. The molecule has 0 rings (SSSR count). The first kappa shape index (κ1) is 22.4. The molecule has 0 unspecified atom stereocenters. The molecule has 0 saturated carbocycles. The monoisotopic (exact) mass is 328 g/mol.